The van der Waals surface area contributed by atoms with Crippen molar-refractivity contribution in [1.82, 2.24) is 0 Å². The Bertz CT molecular complexity index is 244. The molecule has 2 aliphatic rings. The van der Waals surface area contributed by atoms with E-state index in [4.69, 9.17) is 9.94 Å². The van der Waals surface area contributed by atoms with Crippen molar-refractivity contribution in [2.24, 2.45) is 10.6 Å². The molecule has 0 bridgehead atoms. The summed E-state index contributed by atoms with van der Waals surface area (Å²) in [6.07, 6.45) is 2.00. The van der Waals surface area contributed by atoms with E-state index >= 15 is 0 Å². The molecule has 0 aromatic carbocycles. The molecule has 0 aromatic heterocycles. The quantitative estimate of drug-likeness (QED) is 0.341. The van der Waals surface area contributed by atoms with Crippen LogP contribution in [0.5, 0.6) is 0 Å². The molecule has 3 heteroatoms. The number of hydrogen-bond acceptors (Lipinski definition) is 3. The SMILES string of the molecule is CC1(C)C/C(=N/O)C2OC2(C)C1. The van der Waals surface area contributed by atoms with Crippen molar-refractivity contribution < 1.29 is 9.94 Å². The standard InChI is InChI=1S/C9H15NO2/c1-8(2)4-6(10-11)7-9(3,5-8)12-7/h7,11H,4-5H2,1-3H3/b10-6-. The first kappa shape index (κ1) is 8.05. The summed E-state index contributed by atoms with van der Waals surface area (Å²) in [6.45, 7) is 6.45. The molecule has 2 atom stereocenters. The third-order valence-electron chi connectivity index (χ3n) is 2.80. The van der Waals surface area contributed by atoms with E-state index in [1.807, 2.05) is 0 Å². The van der Waals surface area contributed by atoms with Crippen LogP contribution in [0.3, 0.4) is 0 Å². The maximum absolute atomic E-state index is 8.74. The zero-order valence-electron chi connectivity index (χ0n) is 7.79. The van der Waals surface area contributed by atoms with Crippen LogP contribution in [0.1, 0.15) is 33.6 Å². The first-order valence-electron chi connectivity index (χ1n) is 4.35. The first-order valence-corrected chi connectivity index (χ1v) is 4.35. The van der Waals surface area contributed by atoms with Crippen molar-refractivity contribution in [3.8, 4) is 0 Å². The molecule has 1 aliphatic heterocycles. The van der Waals surface area contributed by atoms with E-state index in [1.54, 1.807) is 0 Å². The fourth-order valence-corrected chi connectivity index (χ4v) is 2.47. The van der Waals surface area contributed by atoms with Crippen molar-refractivity contribution >= 4 is 5.71 Å². The summed E-state index contributed by atoms with van der Waals surface area (Å²) in [5.41, 5.74) is 0.987. The number of epoxide rings is 1. The maximum Gasteiger partial charge on any atom is 0.128 e. The number of fused-ring (bicyclic) bond motifs is 1. The highest BCUT2D eigenvalue weighted by Gasteiger charge is 2.61. The monoisotopic (exact) mass is 169 g/mol. The van der Waals surface area contributed by atoms with Gasteiger partial charge in [-0.3, -0.25) is 0 Å². The number of hydrogen-bond donors (Lipinski definition) is 1. The molecule has 0 amide bonds. The minimum atomic E-state index is -0.0384. The van der Waals surface area contributed by atoms with Gasteiger partial charge in [-0.2, -0.15) is 0 Å². The Morgan fingerprint density at radius 3 is 2.75 bits per heavy atom. The molecular weight excluding hydrogens is 154 g/mol. The molecule has 2 unspecified atom stereocenters. The lowest BCUT2D eigenvalue weighted by Gasteiger charge is -2.30. The molecule has 1 saturated heterocycles. The molecule has 1 heterocycles. The summed E-state index contributed by atoms with van der Waals surface area (Å²) in [7, 11) is 0. The number of ether oxygens (including phenoxy) is 1. The number of oxime groups is 1. The van der Waals surface area contributed by atoms with Crippen molar-refractivity contribution in [3.05, 3.63) is 0 Å². The van der Waals surface area contributed by atoms with Gasteiger partial charge in [0.05, 0.1) is 11.3 Å². The molecule has 68 valence electrons. The van der Waals surface area contributed by atoms with Gasteiger partial charge >= 0.3 is 0 Å². The molecule has 1 aliphatic carbocycles. The van der Waals surface area contributed by atoms with E-state index in [1.165, 1.54) is 0 Å². The minimum absolute atomic E-state index is 0.0384. The highest BCUT2D eigenvalue weighted by molar-refractivity contribution is 5.93. The van der Waals surface area contributed by atoms with Crippen molar-refractivity contribution in [3.63, 3.8) is 0 Å². The van der Waals surface area contributed by atoms with Crippen LogP contribution in [0.15, 0.2) is 5.16 Å². The highest BCUT2D eigenvalue weighted by atomic mass is 16.6. The van der Waals surface area contributed by atoms with Crippen LogP contribution in [0, 0.1) is 5.41 Å². The summed E-state index contributed by atoms with van der Waals surface area (Å²) in [5, 5.41) is 12.0. The molecule has 0 spiro atoms. The molecule has 1 N–H and O–H groups in total. The molecular formula is C9H15NO2. The van der Waals surface area contributed by atoms with E-state index in [0.717, 1.165) is 18.6 Å². The van der Waals surface area contributed by atoms with Gasteiger partial charge in [-0.15, -0.1) is 0 Å². The lowest BCUT2D eigenvalue weighted by atomic mass is 9.72. The summed E-state index contributed by atoms with van der Waals surface area (Å²) in [4.78, 5) is 0. The highest BCUT2D eigenvalue weighted by Crippen LogP contribution is 2.52. The average Bonchev–Trinajstić information content (AvgIpc) is 2.56. The average molecular weight is 169 g/mol. The predicted octanol–water partition coefficient (Wildman–Crippen LogP) is 1.79. The molecule has 12 heavy (non-hydrogen) atoms. The van der Waals surface area contributed by atoms with Gasteiger partial charge in [0, 0.05) is 0 Å². The maximum atomic E-state index is 8.74. The first-order chi connectivity index (χ1) is 5.47. The van der Waals surface area contributed by atoms with E-state index in [2.05, 4.69) is 25.9 Å². The molecule has 2 fully saturated rings. The van der Waals surface area contributed by atoms with E-state index < -0.39 is 0 Å². The predicted molar refractivity (Wildman–Crippen MR) is 45.5 cm³/mol. The topological polar surface area (TPSA) is 45.1 Å². The molecule has 0 radical (unpaired) electrons. The van der Waals surface area contributed by atoms with E-state index in [0.29, 0.717) is 0 Å². The van der Waals surface area contributed by atoms with Crippen LogP contribution in [-0.4, -0.2) is 22.6 Å². The van der Waals surface area contributed by atoms with E-state index in [9.17, 15) is 0 Å². The second-order valence-electron chi connectivity index (χ2n) is 4.92. The van der Waals surface area contributed by atoms with Gasteiger partial charge in [-0.1, -0.05) is 19.0 Å². The lowest BCUT2D eigenvalue weighted by molar-refractivity contribution is 0.222. The van der Waals surface area contributed by atoms with Crippen LogP contribution in [-0.2, 0) is 4.74 Å². The fourth-order valence-electron chi connectivity index (χ4n) is 2.47. The molecule has 1 saturated carbocycles. The summed E-state index contributed by atoms with van der Waals surface area (Å²) in [5.74, 6) is 0. The van der Waals surface area contributed by atoms with Crippen LogP contribution in [0.4, 0.5) is 0 Å². The van der Waals surface area contributed by atoms with Crippen molar-refractivity contribution in [1.29, 1.82) is 0 Å². The largest absolute Gasteiger partial charge is 0.411 e. The Labute approximate surface area is 72.4 Å². The Morgan fingerprint density at radius 2 is 2.17 bits per heavy atom. The second kappa shape index (κ2) is 2.02. The molecule has 2 rings (SSSR count). The van der Waals surface area contributed by atoms with Crippen molar-refractivity contribution in [2.75, 3.05) is 0 Å². The summed E-state index contributed by atoms with van der Waals surface area (Å²) in [6, 6.07) is 0. The van der Waals surface area contributed by atoms with Crippen LogP contribution < -0.4 is 0 Å². The molecule has 3 nitrogen and oxygen atoms in total. The zero-order valence-corrected chi connectivity index (χ0v) is 7.79. The van der Waals surface area contributed by atoms with Gasteiger partial charge in [0.15, 0.2) is 0 Å². The van der Waals surface area contributed by atoms with Gasteiger partial charge in [0.25, 0.3) is 0 Å². The Balaban J connectivity index is 2.24. The normalized spacial score (nSPS) is 47.2. The lowest BCUT2D eigenvalue weighted by Crippen LogP contribution is -2.34. The third kappa shape index (κ3) is 1.04. The third-order valence-corrected chi connectivity index (χ3v) is 2.80. The van der Waals surface area contributed by atoms with Gasteiger partial charge in [-0.25, -0.2) is 0 Å². The van der Waals surface area contributed by atoms with Crippen molar-refractivity contribution in [2.45, 2.75) is 45.3 Å². The minimum Gasteiger partial charge on any atom is -0.411 e. The van der Waals surface area contributed by atoms with Crippen LogP contribution in [0.2, 0.25) is 0 Å². The van der Waals surface area contributed by atoms with E-state index in [-0.39, 0.29) is 17.1 Å². The van der Waals surface area contributed by atoms with Gasteiger partial charge in [-0.05, 0) is 25.2 Å². The summed E-state index contributed by atoms with van der Waals surface area (Å²) >= 11 is 0. The second-order valence-corrected chi connectivity index (χ2v) is 4.92. The van der Waals surface area contributed by atoms with Crippen LogP contribution in [0.25, 0.3) is 0 Å². The summed E-state index contributed by atoms with van der Waals surface area (Å²) < 4.78 is 5.51. The Hall–Kier alpha value is -0.570. The Morgan fingerprint density at radius 1 is 1.50 bits per heavy atom. The van der Waals surface area contributed by atoms with Crippen LogP contribution >= 0.6 is 0 Å². The zero-order chi connectivity index (χ0) is 8.98. The van der Waals surface area contributed by atoms with Gasteiger partial charge in [0.1, 0.15) is 6.10 Å². The number of rotatable bonds is 0. The Kier molecular flexibility index (Phi) is 1.35. The van der Waals surface area contributed by atoms with Gasteiger partial charge < -0.3 is 9.94 Å². The smallest absolute Gasteiger partial charge is 0.128 e. The number of nitrogens with zero attached hydrogens (tertiary/aromatic N) is 1. The fraction of sp³-hybridized carbons (Fsp3) is 0.889. The van der Waals surface area contributed by atoms with Gasteiger partial charge in [0.2, 0.25) is 0 Å². The molecule has 0 aromatic rings.